The summed E-state index contributed by atoms with van der Waals surface area (Å²) in [5, 5.41) is 9.30. The lowest BCUT2D eigenvalue weighted by Gasteiger charge is -1.98. The first-order chi connectivity index (χ1) is 10.4. The summed E-state index contributed by atoms with van der Waals surface area (Å²) < 4.78 is 2.68. The van der Waals surface area contributed by atoms with Crippen LogP contribution < -0.4 is 5.32 Å². The number of fused-ring (bicyclic) bond motifs is 1. The summed E-state index contributed by atoms with van der Waals surface area (Å²) in [5.41, 5.74) is 1.64. The molecule has 0 spiro atoms. The van der Waals surface area contributed by atoms with E-state index in [1.807, 2.05) is 22.7 Å². The van der Waals surface area contributed by atoms with E-state index in [1.54, 1.807) is 12.3 Å². The van der Waals surface area contributed by atoms with Gasteiger partial charge in [-0.25, -0.2) is 4.98 Å². The SMILES string of the molecule is CC(=O)O.O=C1NC(=O)/C(=C/c2ccc3ncc(Br)n3c2)S1. The van der Waals surface area contributed by atoms with Gasteiger partial charge in [0.25, 0.3) is 17.1 Å². The average molecular weight is 384 g/mol. The maximum atomic E-state index is 11.4. The number of rotatable bonds is 1. The van der Waals surface area contributed by atoms with Gasteiger partial charge in [0, 0.05) is 13.1 Å². The maximum Gasteiger partial charge on any atom is 0.300 e. The fraction of sp³-hybridized carbons (Fsp3) is 0.0769. The van der Waals surface area contributed by atoms with Crippen molar-refractivity contribution in [1.82, 2.24) is 14.7 Å². The predicted molar refractivity (Wildman–Crippen MR) is 85.3 cm³/mol. The van der Waals surface area contributed by atoms with Crippen molar-refractivity contribution in [2.75, 3.05) is 0 Å². The minimum absolute atomic E-state index is 0.337. The van der Waals surface area contributed by atoms with Crippen molar-refractivity contribution in [2.24, 2.45) is 0 Å². The van der Waals surface area contributed by atoms with Crippen LogP contribution in [0.25, 0.3) is 11.7 Å². The van der Waals surface area contributed by atoms with Crippen LogP contribution in [0.3, 0.4) is 0 Å². The number of halogens is 1. The molecule has 2 amide bonds. The number of nitrogens with one attached hydrogen (secondary N) is 1. The number of carboxylic acids is 1. The highest BCUT2D eigenvalue weighted by Crippen LogP contribution is 2.26. The number of carbonyl (C=O) groups is 3. The third-order valence-corrected chi connectivity index (χ3v) is 3.82. The number of aromatic nitrogens is 2. The first-order valence-electron chi connectivity index (χ1n) is 5.94. The summed E-state index contributed by atoms with van der Waals surface area (Å²) in [6.07, 6.45) is 5.22. The van der Waals surface area contributed by atoms with E-state index in [1.165, 1.54) is 0 Å². The van der Waals surface area contributed by atoms with E-state index in [2.05, 4.69) is 26.2 Å². The van der Waals surface area contributed by atoms with Crippen molar-refractivity contribution in [3.05, 3.63) is 39.6 Å². The maximum absolute atomic E-state index is 11.4. The molecule has 1 aliphatic heterocycles. The van der Waals surface area contributed by atoms with E-state index in [4.69, 9.17) is 9.90 Å². The van der Waals surface area contributed by atoms with Crippen LogP contribution in [0.1, 0.15) is 12.5 Å². The molecular formula is C13H10BrN3O4S. The molecule has 2 aromatic rings. The smallest absolute Gasteiger partial charge is 0.300 e. The third-order valence-electron chi connectivity index (χ3n) is 2.42. The monoisotopic (exact) mass is 383 g/mol. The van der Waals surface area contributed by atoms with Crippen molar-refractivity contribution < 1.29 is 19.5 Å². The van der Waals surface area contributed by atoms with Crippen molar-refractivity contribution in [3.63, 3.8) is 0 Å². The third kappa shape index (κ3) is 3.95. The van der Waals surface area contributed by atoms with Crippen LogP contribution in [0.2, 0.25) is 0 Å². The van der Waals surface area contributed by atoms with Crippen LogP contribution in [-0.2, 0) is 9.59 Å². The van der Waals surface area contributed by atoms with Gasteiger partial charge < -0.3 is 5.11 Å². The molecule has 0 bridgehead atoms. The molecule has 9 heteroatoms. The standard InChI is InChI=1S/C11H6BrN3O2S.C2H4O2/c12-8-4-13-9-2-1-6(5-15(8)9)3-7-10(16)14-11(17)18-7;1-2(3)4/h1-5H,(H,14,16,17);1H3,(H,3,4)/b7-3-;. The zero-order valence-corrected chi connectivity index (χ0v) is 13.6. The van der Waals surface area contributed by atoms with Crippen LogP contribution in [0.5, 0.6) is 0 Å². The number of hydrogen-bond donors (Lipinski definition) is 2. The number of imide groups is 1. The Kier molecular flexibility index (Phi) is 4.99. The zero-order chi connectivity index (χ0) is 16.3. The van der Waals surface area contributed by atoms with Crippen LogP contribution in [-0.4, -0.2) is 31.6 Å². The fourth-order valence-electron chi connectivity index (χ4n) is 1.63. The number of pyridine rings is 1. The van der Waals surface area contributed by atoms with Gasteiger partial charge in [-0.05, 0) is 51.5 Å². The Labute approximate surface area is 137 Å². The molecule has 0 unspecified atom stereocenters. The van der Waals surface area contributed by atoms with Gasteiger partial charge >= 0.3 is 0 Å². The van der Waals surface area contributed by atoms with Crippen molar-refractivity contribution in [1.29, 1.82) is 0 Å². The normalized spacial score (nSPS) is 15.6. The number of carbonyl (C=O) groups excluding carboxylic acids is 2. The molecule has 3 rings (SSSR count). The molecule has 1 aliphatic rings. The fourth-order valence-corrected chi connectivity index (χ4v) is 2.69. The molecule has 22 heavy (non-hydrogen) atoms. The van der Waals surface area contributed by atoms with Gasteiger partial charge in [0.1, 0.15) is 10.3 Å². The topological polar surface area (TPSA) is 101 Å². The number of carboxylic acid groups (broad SMARTS) is 1. The zero-order valence-electron chi connectivity index (χ0n) is 11.2. The largest absolute Gasteiger partial charge is 0.481 e. The lowest BCUT2D eigenvalue weighted by molar-refractivity contribution is -0.134. The Morgan fingerprint density at radius 1 is 1.45 bits per heavy atom. The number of amides is 2. The quantitative estimate of drug-likeness (QED) is 0.733. The average Bonchev–Trinajstić information content (AvgIpc) is 2.93. The molecule has 0 atom stereocenters. The van der Waals surface area contributed by atoms with Crippen LogP contribution in [0.4, 0.5) is 4.79 Å². The molecule has 0 aliphatic carbocycles. The molecule has 2 N–H and O–H groups in total. The molecular weight excluding hydrogens is 374 g/mol. The summed E-state index contributed by atoms with van der Waals surface area (Å²) in [5.74, 6) is -1.19. The van der Waals surface area contributed by atoms with Crippen molar-refractivity contribution >= 4 is 56.5 Å². The van der Waals surface area contributed by atoms with Crippen LogP contribution >= 0.6 is 27.7 Å². The Morgan fingerprint density at radius 2 is 2.14 bits per heavy atom. The second-order valence-corrected chi connectivity index (χ2v) is 5.97. The summed E-state index contributed by atoms with van der Waals surface area (Å²) >= 11 is 4.28. The lowest BCUT2D eigenvalue weighted by atomic mass is 10.2. The van der Waals surface area contributed by atoms with Gasteiger partial charge in [0.05, 0.1) is 11.1 Å². The molecule has 7 nitrogen and oxygen atoms in total. The first-order valence-corrected chi connectivity index (χ1v) is 7.55. The van der Waals surface area contributed by atoms with E-state index in [-0.39, 0.29) is 11.1 Å². The summed E-state index contributed by atoms with van der Waals surface area (Å²) in [4.78, 5) is 36.0. The van der Waals surface area contributed by atoms with Crippen molar-refractivity contribution in [3.8, 4) is 0 Å². The number of hydrogen-bond acceptors (Lipinski definition) is 5. The van der Waals surface area contributed by atoms with E-state index in [0.29, 0.717) is 4.91 Å². The van der Waals surface area contributed by atoms with Gasteiger partial charge in [-0.1, -0.05) is 0 Å². The Hall–Kier alpha value is -2.13. The second-order valence-electron chi connectivity index (χ2n) is 4.14. The summed E-state index contributed by atoms with van der Waals surface area (Å²) in [6.45, 7) is 1.08. The number of aliphatic carboxylic acids is 1. The highest BCUT2D eigenvalue weighted by atomic mass is 79.9. The van der Waals surface area contributed by atoms with Gasteiger partial charge in [-0.3, -0.25) is 24.1 Å². The summed E-state index contributed by atoms with van der Waals surface area (Å²) in [7, 11) is 0. The minimum atomic E-state index is -0.833. The highest BCUT2D eigenvalue weighted by molar-refractivity contribution is 9.10. The highest BCUT2D eigenvalue weighted by Gasteiger charge is 2.24. The second kappa shape index (κ2) is 6.75. The van der Waals surface area contributed by atoms with E-state index in [9.17, 15) is 9.59 Å². The Bertz CT molecular complexity index is 796. The molecule has 1 saturated heterocycles. The molecule has 3 heterocycles. The van der Waals surface area contributed by atoms with Gasteiger partial charge in [0.15, 0.2) is 0 Å². The molecule has 2 aromatic heterocycles. The van der Waals surface area contributed by atoms with E-state index >= 15 is 0 Å². The van der Waals surface area contributed by atoms with E-state index in [0.717, 1.165) is 34.5 Å². The number of nitrogens with zero attached hydrogens (tertiary/aromatic N) is 2. The molecule has 114 valence electrons. The molecule has 1 fully saturated rings. The van der Waals surface area contributed by atoms with Gasteiger partial charge in [-0.15, -0.1) is 0 Å². The number of thioether (sulfide) groups is 1. The predicted octanol–water partition coefficient (Wildman–Crippen LogP) is 2.51. The number of imidazole rings is 1. The van der Waals surface area contributed by atoms with Gasteiger partial charge in [0.2, 0.25) is 0 Å². The van der Waals surface area contributed by atoms with E-state index < -0.39 is 5.97 Å². The summed E-state index contributed by atoms with van der Waals surface area (Å²) in [6, 6.07) is 3.69. The van der Waals surface area contributed by atoms with Crippen LogP contribution in [0, 0.1) is 0 Å². The molecule has 0 saturated carbocycles. The first kappa shape index (κ1) is 16.2. The van der Waals surface area contributed by atoms with Crippen LogP contribution in [0.15, 0.2) is 34.0 Å². The van der Waals surface area contributed by atoms with Crippen molar-refractivity contribution in [2.45, 2.75) is 6.92 Å². The molecule has 0 radical (unpaired) electrons. The van der Waals surface area contributed by atoms with Gasteiger partial charge in [-0.2, -0.15) is 0 Å². The minimum Gasteiger partial charge on any atom is -0.481 e. The Balaban J connectivity index is 0.000000396. The Morgan fingerprint density at radius 3 is 2.73 bits per heavy atom. The molecule has 0 aromatic carbocycles. The lowest BCUT2D eigenvalue weighted by Crippen LogP contribution is -2.17.